The van der Waals surface area contributed by atoms with Crippen molar-refractivity contribution in [3.05, 3.63) is 146 Å². The predicted molar refractivity (Wildman–Crippen MR) is 322 cm³/mol. The molecule has 0 saturated carbocycles. The summed E-state index contributed by atoms with van der Waals surface area (Å²) in [4.78, 5) is 37.6. The van der Waals surface area contributed by atoms with Crippen molar-refractivity contribution in [2.24, 2.45) is 0 Å². The molecular weight excluding hydrogens is 952 g/mol. The first-order valence-corrected chi connectivity index (χ1v) is 30.7. The van der Waals surface area contributed by atoms with Gasteiger partial charge in [-0.05, 0) is 96.0 Å². The third-order valence-corrected chi connectivity index (χ3v) is 12.9. The number of phosphoric ester groups is 1. The van der Waals surface area contributed by atoms with Gasteiger partial charge in [-0.15, -0.1) is 0 Å². The van der Waals surface area contributed by atoms with Crippen molar-refractivity contribution in [3.8, 4) is 0 Å². The number of rotatable bonds is 50. The van der Waals surface area contributed by atoms with Crippen LogP contribution < -0.4 is 5.32 Å². The van der Waals surface area contributed by atoms with Gasteiger partial charge in [0.05, 0.1) is 33.8 Å². The maximum atomic E-state index is 13.5. The second-order valence-electron chi connectivity index (χ2n) is 20.2. The third kappa shape index (κ3) is 54.5. The van der Waals surface area contributed by atoms with E-state index in [1.807, 2.05) is 94.1 Å². The van der Waals surface area contributed by atoms with Crippen molar-refractivity contribution in [3.63, 3.8) is 0 Å². The highest BCUT2D eigenvalue weighted by Gasteiger charge is 2.30. The summed E-state index contributed by atoms with van der Waals surface area (Å²) in [5.74, 6) is -0.594. The standard InChI is InChI=1S/C65H107N2O7P/c1-7-10-13-16-19-22-25-27-29-31-32-33-34-36-37-39-42-45-48-51-54-57-64(68)66-62(61-73-75(70,71)72-60-59-67(4,5)6)63(56-53-50-47-44-41-24-21-18-15-12-9-3)74-65(69)58-55-52-49-46-43-40-38-35-30-28-26-23-20-17-14-11-8-2/h10-11,13-14,17,19-20,22-23,26-30,32-33,35-38,40,43,53,56,62-63H,7-9,12,15-16,18,21,24-25,31,34,39,41-42,44-52,54-55,57-61H2,1-6H3,(H-,66,68,70,71)/p+1/b13-10-,14-11-,20-17+,22-19-,26-23+,29-27-,30-28-,33-32-,37-36-,38-35+,43-40+,56-53-. The highest BCUT2D eigenvalue weighted by Crippen LogP contribution is 2.43. The van der Waals surface area contributed by atoms with Gasteiger partial charge in [-0.3, -0.25) is 18.6 Å². The number of phosphoric acid groups is 1. The highest BCUT2D eigenvalue weighted by atomic mass is 31.2. The van der Waals surface area contributed by atoms with E-state index in [9.17, 15) is 19.0 Å². The molecular formula is C65H108N2O7P+. The molecule has 0 bridgehead atoms. The highest BCUT2D eigenvalue weighted by molar-refractivity contribution is 7.47. The number of nitrogens with one attached hydrogen (secondary N) is 1. The number of ether oxygens (including phenoxy) is 1. The Balaban J connectivity index is 5.41. The van der Waals surface area contributed by atoms with Gasteiger partial charge in [0.1, 0.15) is 19.3 Å². The van der Waals surface area contributed by atoms with Crippen molar-refractivity contribution in [2.75, 3.05) is 40.9 Å². The van der Waals surface area contributed by atoms with Crippen LogP contribution in [-0.2, 0) is 27.9 Å². The van der Waals surface area contributed by atoms with Crippen molar-refractivity contribution < 1.29 is 37.3 Å². The third-order valence-electron chi connectivity index (χ3n) is 11.9. The second kappa shape index (κ2) is 53.3. The van der Waals surface area contributed by atoms with E-state index in [2.05, 4.69) is 99.0 Å². The quantitative estimate of drug-likeness (QED) is 0.0156. The fourth-order valence-electron chi connectivity index (χ4n) is 7.47. The molecule has 0 aliphatic heterocycles. The number of hydrogen-bond acceptors (Lipinski definition) is 6. The molecule has 424 valence electrons. The molecule has 9 nitrogen and oxygen atoms in total. The number of amides is 1. The van der Waals surface area contributed by atoms with E-state index in [4.69, 9.17) is 13.8 Å². The second-order valence-corrected chi connectivity index (χ2v) is 21.7. The molecule has 3 atom stereocenters. The average Bonchev–Trinajstić information content (AvgIpc) is 3.37. The molecule has 2 N–H and O–H groups in total. The first-order valence-electron chi connectivity index (χ1n) is 29.2. The fraction of sp³-hybridized carbons (Fsp3) is 0.600. The number of esters is 1. The number of hydrogen-bond donors (Lipinski definition) is 2. The molecule has 0 aliphatic rings. The minimum Gasteiger partial charge on any atom is -0.456 e. The topological polar surface area (TPSA) is 111 Å². The van der Waals surface area contributed by atoms with Gasteiger partial charge in [-0.1, -0.05) is 238 Å². The molecule has 0 aromatic carbocycles. The lowest BCUT2D eigenvalue weighted by Crippen LogP contribution is -2.47. The van der Waals surface area contributed by atoms with Crippen LogP contribution in [0.1, 0.15) is 201 Å². The molecule has 0 rings (SSSR count). The average molecular weight is 1060 g/mol. The molecule has 10 heteroatoms. The van der Waals surface area contributed by atoms with Crippen molar-refractivity contribution in [2.45, 2.75) is 213 Å². The normalized spacial score (nSPS) is 14.8. The van der Waals surface area contributed by atoms with Gasteiger partial charge < -0.3 is 19.4 Å². The molecule has 0 spiro atoms. The summed E-state index contributed by atoms with van der Waals surface area (Å²) < 4.78 is 30.6. The van der Waals surface area contributed by atoms with Crippen LogP contribution >= 0.6 is 7.82 Å². The zero-order valence-electron chi connectivity index (χ0n) is 48.2. The van der Waals surface area contributed by atoms with Crippen LogP contribution in [0.2, 0.25) is 0 Å². The maximum Gasteiger partial charge on any atom is 0.472 e. The van der Waals surface area contributed by atoms with Crippen LogP contribution in [0.5, 0.6) is 0 Å². The first kappa shape index (κ1) is 70.9. The van der Waals surface area contributed by atoms with E-state index in [1.54, 1.807) is 0 Å². The molecule has 3 unspecified atom stereocenters. The Hall–Kier alpha value is -4.11. The smallest absolute Gasteiger partial charge is 0.456 e. The lowest BCUT2D eigenvalue weighted by Gasteiger charge is -2.27. The molecule has 0 heterocycles. The largest absolute Gasteiger partial charge is 0.472 e. The van der Waals surface area contributed by atoms with Gasteiger partial charge in [0.2, 0.25) is 5.91 Å². The number of carbonyl (C=O) groups is 2. The Kier molecular flexibility index (Phi) is 50.4. The molecule has 0 radical (unpaired) electrons. The molecule has 0 aromatic rings. The van der Waals surface area contributed by atoms with Crippen LogP contribution in [-0.4, -0.2) is 74.3 Å². The van der Waals surface area contributed by atoms with Gasteiger partial charge in [-0.2, -0.15) is 0 Å². The van der Waals surface area contributed by atoms with Gasteiger partial charge in [-0.25, -0.2) is 4.57 Å². The number of allylic oxidation sites excluding steroid dienone is 23. The van der Waals surface area contributed by atoms with Crippen LogP contribution in [0.4, 0.5) is 0 Å². The number of unbranched alkanes of at least 4 members (excludes halogenated alkanes) is 17. The molecule has 1 amide bonds. The molecule has 75 heavy (non-hydrogen) atoms. The molecule has 0 aliphatic carbocycles. The summed E-state index contributed by atoms with van der Waals surface area (Å²) in [6, 6.07) is -0.888. The zero-order chi connectivity index (χ0) is 55.0. The molecule has 0 fully saturated rings. The number of nitrogens with zero attached hydrogens (tertiary/aromatic N) is 1. The number of carbonyl (C=O) groups excluding carboxylic acids is 2. The number of likely N-dealkylation sites (N-methyl/N-ethyl adjacent to an activating group) is 1. The van der Waals surface area contributed by atoms with Crippen LogP contribution in [0.15, 0.2) is 146 Å². The number of quaternary nitrogens is 1. The molecule has 0 saturated heterocycles. The van der Waals surface area contributed by atoms with Crippen LogP contribution in [0.3, 0.4) is 0 Å². The van der Waals surface area contributed by atoms with Gasteiger partial charge >= 0.3 is 13.8 Å². The minimum atomic E-state index is -4.47. The predicted octanol–water partition coefficient (Wildman–Crippen LogP) is 17.9. The zero-order valence-corrected chi connectivity index (χ0v) is 49.1. The van der Waals surface area contributed by atoms with E-state index in [-0.39, 0.29) is 31.5 Å². The van der Waals surface area contributed by atoms with Crippen molar-refractivity contribution in [1.29, 1.82) is 0 Å². The van der Waals surface area contributed by atoms with Gasteiger partial charge in [0.15, 0.2) is 0 Å². The van der Waals surface area contributed by atoms with E-state index in [1.165, 1.54) is 44.9 Å². The fourth-order valence-corrected chi connectivity index (χ4v) is 8.20. The van der Waals surface area contributed by atoms with E-state index in [0.717, 1.165) is 109 Å². The Morgan fingerprint density at radius 3 is 1.45 bits per heavy atom. The lowest BCUT2D eigenvalue weighted by molar-refractivity contribution is -0.870. The molecule has 0 aromatic heterocycles. The van der Waals surface area contributed by atoms with E-state index in [0.29, 0.717) is 30.3 Å². The van der Waals surface area contributed by atoms with E-state index < -0.39 is 20.0 Å². The monoisotopic (exact) mass is 1060 g/mol. The van der Waals surface area contributed by atoms with Crippen molar-refractivity contribution >= 4 is 19.7 Å². The Morgan fingerprint density at radius 2 is 0.920 bits per heavy atom. The van der Waals surface area contributed by atoms with E-state index >= 15 is 0 Å². The summed E-state index contributed by atoms with van der Waals surface area (Å²) in [5.41, 5.74) is 0. The van der Waals surface area contributed by atoms with Crippen molar-refractivity contribution in [1.82, 2.24) is 5.32 Å². The summed E-state index contributed by atoms with van der Waals surface area (Å²) in [6.07, 6.45) is 77.0. The summed E-state index contributed by atoms with van der Waals surface area (Å²) in [5, 5.41) is 3.02. The summed E-state index contributed by atoms with van der Waals surface area (Å²) >= 11 is 0. The van der Waals surface area contributed by atoms with Crippen LogP contribution in [0, 0.1) is 0 Å². The van der Waals surface area contributed by atoms with Gasteiger partial charge in [0, 0.05) is 12.8 Å². The van der Waals surface area contributed by atoms with Crippen LogP contribution in [0.25, 0.3) is 0 Å². The lowest BCUT2D eigenvalue weighted by atomic mass is 10.1. The minimum absolute atomic E-state index is 0.0192. The summed E-state index contributed by atoms with van der Waals surface area (Å²) in [7, 11) is 1.43. The Bertz CT molecular complexity index is 1790. The first-order chi connectivity index (χ1) is 36.4. The Labute approximate surface area is 459 Å². The van der Waals surface area contributed by atoms with Gasteiger partial charge in [0.25, 0.3) is 0 Å². The maximum absolute atomic E-state index is 13.5. The SMILES string of the molecule is CC\C=C/C=C/C=C/C=C\C=C\C=C\CCCCCC(=O)OC(/C=C\CCCCCCCCCCC)C(COP(=O)(O)OCC[N+](C)(C)C)NC(=O)CCCCCCC/C=C\C/C=C\C/C=C\C/C=C\C/C=C\CC. The Morgan fingerprint density at radius 1 is 0.493 bits per heavy atom. The summed E-state index contributed by atoms with van der Waals surface area (Å²) in [6.45, 7) is 6.66.